The van der Waals surface area contributed by atoms with Crippen LogP contribution < -0.4 is 10.9 Å². The molecule has 0 radical (unpaired) electrons. The van der Waals surface area contributed by atoms with Gasteiger partial charge >= 0.3 is 6.18 Å². The zero-order valence-electron chi connectivity index (χ0n) is 14.0. The molecule has 138 valence electrons. The van der Waals surface area contributed by atoms with Gasteiger partial charge in [0.2, 0.25) is 0 Å². The van der Waals surface area contributed by atoms with E-state index in [0.717, 1.165) is 22.2 Å². The summed E-state index contributed by atoms with van der Waals surface area (Å²) in [4.78, 5) is 29.6. The third-order valence-electron chi connectivity index (χ3n) is 3.76. The molecule has 0 aromatic carbocycles. The van der Waals surface area contributed by atoms with Crippen molar-refractivity contribution in [2.75, 3.05) is 7.05 Å². The topological polar surface area (TPSA) is 81.3 Å². The Morgan fingerprint density at radius 1 is 1.35 bits per heavy atom. The van der Waals surface area contributed by atoms with E-state index >= 15 is 0 Å². The highest BCUT2D eigenvalue weighted by Crippen LogP contribution is 2.31. The number of aryl methyl sites for hydroxylation is 2. The van der Waals surface area contributed by atoms with Crippen LogP contribution in [0.25, 0.3) is 4.96 Å². The molecular weight excluding hydrogens is 371 g/mol. The number of nitrogens with zero attached hydrogens (tertiary/aromatic N) is 4. The molecule has 0 aliphatic carbocycles. The van der Waals surface area contributed by atoms with Crippen LogP contribution in [0, 0.1) is 13.8 Å². The molecule has 26 heavy (non-hydrogen) atoms. The van der Waals surface area contributed by atoms with Crippen LogP contribution in [0.4, 0.5) is 13.2 Å². The second-order valence-corrected chi connectivity index (χ2v) is 6.79. The van der Waals surface area contributed by atoms with E-state index in [2.05, 4.69) is 15.4 Å². The standard InChI is InChI=1S/C15H14F3N5O2S/c1-7-10(15(16,17)18)6-22(21-7)5-9-4-11(24)23-12(13(25)19-3)8(2)26-14(23)20-9/h4,6H,5H2,1-3H3,(H,19,25). The SMILES string of the molecule is CNC(=O)c1c(C)sc2nc(Cn3cc(C(F)(F)F)c(C)n3)cc(=O)n12. The summed E-state index contributed by atoms with van der Waals surface area (Å²) in [6.45, 7) is 2.87. The van der Waals surface area contributed by atoms with Gasteiger partial charge in [-0.05, 0) is 13.8 Å². The normalized spacial score (nSPS) is 11.9. The summed E-state index contributed by atoms with van der Waals surface area (Å²) in [6, 6.07) is 1.19. The van der Waals surface area contributed by atoms with E-state index in [0.29, 0.717) is 9.84 Å². The number of halogens is 3. The van der Waals surface area contributed by atoms with Crippen molar-refractivity contribution in [2.45, 2.75) is 26.6 Å². The van der Waals surface area contributed by atoms with Gasteiger partial charge in [0.05, 0.1) is 23.5 Å². The lowest BCUT2D eigenvalue weighted by atomic mass is 10.2. The molecule has 11 heteroatoms. The van der Waals surface area contributed by atoms with E-state index in [-0.39, 0.29) is 23.6 Å². The average Bonchev–Trinajstić information content (AvgIpc) is 3.06. The van der Waals surface area contributed by atoms with Gasteiger partial charge in [-0.25, -0.2) is 9.38 Å². The third-order valence-corrected chi connectivity index (χ3v) is 4.72. The van der Waals surface area contributed by atoms with Gasteiger partial charge in [0.15, 0.2) is 4.96 Å². The summed E-state index contributed by atoms with van der Waals surface area (Å²) in [7, 11) is 1.45. The maximum absolute atomic E-state index is 12.9. The van der Waals surface area contributed by atoms with E-state index in [1.165, 1.54) is 24.4 Å². The number of thiazole rings is 1. The fourth-order valence-electron chi connectivity index (χ4n) is 2.63. The smallest absolute Gasteiger partial charge is 0.354 e. The molecule has 3 aromatic heterocycles. The summed E-state index contributed by atoms with van der Waals surface area (Å²) in [5.74, 6) is -0.414. The highest BCUT2D eigenvalue weighted by molar-refractivity contribution is 7.17. The molecular formula is C15H14F3N5O2S. The fraction of sp³-hybridized carbons (Fsp3) is 0.333. The Hall–Kier alpha value is -2.69. The van der Waals surface area contributed by atoms with Gasteiger partial charge in [-0.1, -0.05) is 0 Å². The van der Waals surface area contributed by atoms with Crippen LogP contribution in [0.2, 0.25) is 0 Å². The quantitative estimate of drug-likeness (QED) is 0.748. The molecule has 3 rings (SSSR count). The first-order valence-corrected chi connectivity index (χ1v) is 8.29. The number of carbonyl (C=O) groups excluding carboxylic acids is 1. The van der Waals surface area contributed by atoms with E-state index < -0.39 is 23.2 Å². The van der Waals surface area contributed by atoms with Crippen molar-refractivity contribution in [3.8, 4) is 0 Å². The number of nitrogens with one attached hydrogen (secondary N) is 1. The van der Waals surface area contributed by atoms with Gasteiger partial charge in [0.1, 0.15) is 5.69 Å². The van der Waals surface area contributed by atoms with Crippen LogP contribution in [0.1, 0.15) is 32.3 Å². The molecule has 0 saturated carbocycles. The molecule has 0 unspecified atom stereocenters. The minimum Gasteiger partial charge on any atom is -0.354 e. The highest BCUT2D eigenvalue weighted by atomic mass is 32.1. The van der Waals surface area contributed by atoms with Gasteiger partial charge in [0, 0.05) is 24.2 Å². The Bertz CT molecular complexity index is 1060. The minimum absolute atomic E-state index is 0.0884. The molecule has 0 atom stereocenters. The lowest BCUT2D eigenvalue weighted by Crippen LogP contribution is -2.26. The van der Waals surface area contributed by atoms with Gasteiger partial charge < -0.3 is 5.32 Å². The number of aromatic nitrogens is 4. The molecule has 0 aliphatic rings. The maximum Gasteiger partial charge on any atom is 0.419 e. The Morgan fingerprint density at radius 3 is 2.62 bits per heavy atom. The number of alkyl halides is 3. The Kier molecular flexibility index (Phi) is 4.34. The zero-order valence-corrected chi connectivity index (χ0v) is 14.8. The minimum atomic E-state index is -4.49. The third kappa shape index (κ3) is 3.09. The molecule has 0 bridgehead atoms. The van der Waals surface area contributed by atoms with Gasteiger partial charge in [-0.3, -0.25) is 14.3 Å². The van der Waals surface area contributed by atoms with Crippen LogP contribution >= 0.6 is 11.3 Å². The Labute approximate surface area is 149 Å². The Morgan fingerprint density at radius 2 is 2.04 bits per heavy atom. The number of hydrogen-bond donors (Lipinski definition) is 1. The van der Waals surface area contributed by atoms with Crippen LogP contribution in [0.15, 0.2) is 17.1 Å². The molecule has 3 aromatic rings. The van der Waals surface area contributed by atoms with Crippen LogP contribution in [-0.2, 0) is 12.7 Å². The number of hydrogen-bond acceptors (Lipinski definition) is 5. The predicted molar refractivity (Wildman–Crippen MR) is 88.5 cm³/mol. The lowest BCUT2D eigenvalue weighted by molar-refractivity contribution is -0.138. The van der Waals surface area contributed by atoms with E-state index in [1.54, 1.807) is 6.92 Å². The summed E-state index contributed by atoms with van der Waals surface area (Å²) < 4.78 is 40.9. The van der Waals surface area contributed by atoms with Crippen LogP contribution in [0.5, 0.6) is 0 Å². The summed E-state index contributed by atoms with van der Waals surface area (Å²) in [5.41, 5.74) is -0.997. The van der Waals surface area contributed by atoms with Crippen molar-refractivity contribution >= 4 is 22.2 Å². The molecule has 0 saturated heterocycles. The largest absolute Gasteiger partial charge is 0.419 e. The van der Waals surface area contributed by atoms with Crippen molar-refractivity contribution < 1.29 is 18.0 Å². The predicted octanol–water partition coefficient (Wildman–Crippen LogP) is 2.00. The monoisotopic (exact) mass is 385 g/mol. The zero-order chi connectivity index (χ0) is 19.2. The average molecular weight is 385 g/mol. The number of fused-ring (bicyclic) bond motifs is 1. The first-order chi connectivity index (χ1) is 12.1. The number of amides is 1. The van der Waals surface area contributed by atoms with Crippen molar-refractivity contribution in [3.05, 3.63) is 50.1 Å². The molecule has 3 heterocycles. The molecule has 0 spiro atoms. The van der Waals surface area contributed by atoms with E-state index in [4.69, 9.17) is 0 Å². The first-order valence-electron chi connectivity index (χ1n) is 7.47. The van der Waals surface area contributed by atoms with E-state index in [9.17, 15) is 22.8 Å². The molecule has 7 nitrogen and oxygen atoms in total. The van der Waals surface area contributed by atoms with Crippen molar-refractivity contribution in [3.63, 3.8) is 0 Å². The lowest BCUT2D eigenvalue weighted by Gasteiger charge is -2.04. The Balaban J connectivity index is 2.03. The van der Waals surface area contributed by atoms with Gasteiger partial charge in [0.25, 0.3) is 11.5 Å². The number of rotatable bonds is 3. The van der Waals surface area contributed by atoms with Crippen molar-refractivity contribution in [1.82, 2.24) is 24.5 Å². The second kappa shape index (κ2) is 6.24. The van der Waals surface area contributed by atoms with Gasteiger partial charge in [-0.15, -0.1) is 11.3 Å². The fourth-order valence-corrected chi connectivity index (χ4v) is 3.62. The molecule has 1 N–H and O–H groups in total. The summed E-state index contributed by atoms with van der Waals surface area (Å²) >= 11 is 1.16. The molecule has 0 fully saturated rings. The van der Waals surface area contributed by atoms with Crippen molar-refractivity contribution in [1.29, 1.82) is 0 Å². The first kappa shape index (κ1) is 18.1. The van der Waals surface area contributed by atoms with Crippen LogP contribution in [0.3, 0.4) is 0 Å². The van der Waals surface area contributed by atoms with Crippen LogP contribution in [-0.4, -0.2) is 32.1 Å². The van der Waals surface area contributed by atoms with Gasteiger partial charge in [-0.2, -0.15) is 18.3 Å². The maximum atomic E-state index is 12.9. The van der Waals surface area contributed by atoms with E-state index in [1.807, 2.05) is 0 Å². The highest BCUT2D eigenvalue weighted by Gasteiger charge is 2.34. The summed E-state index contributed by atoms with van der Waals surface area (Å²) in [5, 5.41) is 6.30. The summed E-state index contributed by atoms with van der Waals surface area (Å²) in [6.07, 6.45) is -3.61. The molecule has 0 aliphatic heterocycles. The second-order valence-electron chi connectivity index (χ2n) is 5.61. The number of carbonyl (C=O) groups is 1. The molecule has 1 amide bonds. The van der Waals surface area contributed by atoms with Crippen molar-refractivity contribution in [2.24, 2.45) is 0 Å².